The van der Waals surface area contributed by atoms with Crippen molar-refractivity contribution in [2.75, 3.05) is 57.5 Å². The minimum Gasteiger partial charge on any atom is -0.513 e. The third kappa shape index (κ3) is 9.23. The van der Waals surface area contributed by atoms with Gasteiger partial charge in [0.25, 0.3) is 5.91 Å². The van der Waals surface area contributed by atoms with Gasteiger partial charge in [-0.15, -0.1) is 0 Å². The standard InChI is InChI=1S/C33H42N10O3.C4H9N.C4H6O/c1-5-28-31-23(22-9-7-10-25(30(22)40(28)4)39-27(24(34)17-44)12-29(35)36-3)13-37-43(31)21-15-41(16-21)14-20-8-6-11-26(38-20)32(45)42-18-33(2,46)19-42;1-5-4-2-3-4;5-3-4-1-2-4/h6-13,17,21,28,39,44,46H,5,14-16,18-19,34H2,1-4H3,(H2,35,36);4-5H,2-3H2,1H3;3-4H,1-2H2/b24-17+,27-12+;;. The zero-order valence-corrected chi connectivity index (χ0v) is 33.2. The molecule has 1 amide bonds. The molecule has 5 aliphatic rings. The summed E-state index contributed by atoms with van der Waals surface area (Å²) >= 11 is 0. The summed E-state index contributed by atoms with van der Waals surface area (Å²) in [5, 5.41) is 31.1. The van der Waals surface area contributed by atoms with Gasteiger partial charge in [-0.2, -0.15) is 5.10 Å². The first-order valence-electron chi connectivity index (χ1n) is 19.5. The van der Waals surface area contributed by atoms with Gasteiger partial charge in [0.15, 0.2) is 0 Å². The van der Waals surface area contributed by atoms with Crippen LogP contribution in [0.15, 0.2) is 71.3 Å². The zero-order chi connectivity index (χ0) is 40.1. The van der Waals surface area contributed by atoms with E-state index in [2.05, 4.69) is 55.1 Å². The van der Waals surface area contributed by atoms with Crippen LogP contribution in [0.5, 0.6) is 0 Å². The van der Waals surface area contributed by atoms with Crippen LogP contribution in [0.1, 0.15) is 79.9 Å². The monoisotopic (exact) mass is 767 g/mol. The van der Waals surface area contributed by atoms with E-state index in [0.717, 1.165) is 79.1 Å². The number of likely N-dealkylation sites (tertiary alicyclic amines) is 2. The Hall–Kier alpha value is -5.25. The van der Waals surface area contributed by atoms with Crippen LogP contribution in [0.4, 0.5) is 11.4 Å². The van der Waals surface area contributed by atoms with Crippen LogP contribution < -0.4 is 27.0 Å². The Kier molecular flexibility index (Phi) is 12.5. The van der Waals surface area contributed by atoms with E-state index in [4.69, 9.17) is 16.6 Å². The van der Waals surface area contributed by atoms with Gasteiger partial charge in [-0.25, -0.2) is 4.98 Å². The normalized spacial score (nSPS) is 20.6. The molecule has 300 valence electrons. The molecule has 1 atom stereocenters. The number of para-hydroxylation sites is 1. The van der Waals surface area contributed by atoms with E-state index < -0.39 is 5.60 Å². The average Bonchev–Trinajstić information content (AvgIpc) is 4.12. The second-order valence-electron chi connectivity index (χ2n) is 15.6. The van der Waals surface area contributed by atoms with Crippen LogP contribution in [-0.4, -0.2) is 112 Å². The number of hydrogen-bond donors (Lipinski definition) is 6. The fourth-order valence-electron chi connectivity index (χ4n) is 7.30. The second kappa shape index (κ2) is 17.3. The topological polar surface area (TPSA) is 203 Å². The van der Waals surface area contributed by atoms with Crippen LogP contribution in [-0.2, 0) is 11.3 Å². The number of amidine groups is 1. The number of benzene rings is 1. The maximum Gasteiger partial charge on any atom is 0.272 e. The Bertz CT molecular complexity index is 1970. The van der Waals surface area contributed by atoms with Crippen LogP contribution in [0.2, 0.25) is 0 Å². The number of pyridine rings is 1. The number of amides is 1. The van der Waals surface area contributed by atoms with Gasteiger partial charge < -0.3 is 46.9 Å². The molecule has 8 N–H and O–H groups in total. The van der Waals surface area contributed by atoms with E-state index in [1.54, 1.807) is 31.0 Å². The summed E-state index contributed by atoms with van der Waals surface area (Å²) in [5.41, 5.74) is 18.2. The molecule has 0 spiro atoms. The average molecular weight is 768 g/mol. The Morgan fingerprint density at radius 3 is 2.36 bits per heavy atom. The maximum absolute atomic E-state index is 12.8. The molecule has 56 heavy (non-hydrogen) atoms. The Morgan fingerprint density at radius 1 is 1.09 bits per heavy atom. The van der Waals surface area contributed by atoms with Crippen molar-refractivity contribution in [2.45, 2.75) is 76.2 Å². The first kappa shape index (κ1) is 40.4. The third-order valence-electron chi connectivity index (χ3n) is 10.8. The Morgan fingerprint density at radius 2 is 1.80 bits per heavy atom. The summed E-state index contributed by atoms with van der Waals surface area (Å²) in [7, 11) is 5.69. The van der Waals surface area contributed by atoms with E-state index in [-0.39, 0.29) is 29.5 Å². The van der Waals surface area contributed by atoms with Crippen molar-refractivity contribution in [3.8, 4) is 11.1 Å². The number of fused-ring (bicyclic) bond motifs is 3. The smallest absolute Gasteiger partial charge is 0.272 e. The molecule has 3 aromatic rings. The molecule has 2 aliphatic carbocycles. The number of anilines is 2. The molecule has 15 nitrogen and oxygen atoms in total. The lowest BCUT2D eigenvalue weighted by atomic mass is 9.91. The van der Waals surface area contributed by atoms with Crippen molar-refractivity contribution < 1.29 is 19.8 Å². The van der Waals surface area contributed by atoms with Crippen LogP contribution in [0.3, 0.4) is 0 Å². The van der Waals surface area contributed by atoms with Crippen molar-refractivity contribution in [1.29, 1.82) is 0 Å². The minimum atomic E-state index is -0.815. The van der Waals surface area contributed by atoms with Crippen LogP contribution in [0, 0.1) is 5.92 Å². The number of nitrogens with one attached hydrogen (secondary N) is 2. The highest BCUT2D eigenvalue weighted by Crippen LogP contribution is 2.49. The highest BCUT2D eigenvalue weighted by molar-refractivity contribution is 5.95. The van der Waals surface area contributed by atoms with E-state index in [1.165, 1.54) is 18.5 Å². The predicted molar refractivity (Wildman–Crippen MR) is 219 cm³/mol. The number of carbonyl (C=O) groups excluding carboxylic acids is 2. The van der Waals surface area contributed by atoms with Gasteiger partial charge in [0.1, 0.15) is 24.1 Å². The van der Waals surface area contributed by atoms with Gasteiger partial charge in [-0.05, 0) is 64.3 Å². The second-order valence-corrected chi connectivity index (χ2v) is 15.6. The van der Waals surface area contributed by atoms with Crippen molar-refractivity contribution >= 4 is 29.4 Å². The largest absolute Gasteiger partial charge is 0.513 e. The quantitative estimate of drug-likeness (QED) is 0.0544. The number of aromatic nitrogens is 3. The lowest BCUT2D eigenvalue weighted by molar-refractivity contribution is -0.108. The van der Waals surface area contributed by atoms with E-state index >= 15 is 0 Å². The number of aldehydes is 1. The molecule has 2 saturated carbocycles. The number of rotatable bonds is 11. The molecular weight excluding hydrogens is 711 g/mol. The summed E-state index contributed by atoms with van der Waals surface area (Å²) in [4.78, 5) is 37.2. The zero-order valence-electron chi connectivity index (χ0n) is 33.2. The SMILES string of the molecule is CCC1c2c(cnn2C2CN(Cc3cccc(C(=O)N4CC(C)(O)C4)n3)C2)-c2cccc(NC(=C/C(N)=NC)/C(N)=C\O)c2N1C.CNC1CC1.O=CC1CC1. The van der Waals surface area contributed by atoms with Gasteiger partial charge in [0.05, 0.1) is 71.1 Å². The van der Waals surface area contributed by atoms with Crippen molar-refractivity contribution in [2.24, 2.45) is 22.4 Å². The molecule has 1 aromatic carbocycles. The first-order chi connectivity index (χ1) is 26.9. The molecule has 0 bridgehead atoms. The molecule has 1 unspecified atom stereocenters. The highest BCUT2D eigenvalue weighted by Gasteiger charge is 2.41. The van der Waals surface area contributed by atoms with Gasteiger partial charge in [-0.1, -0.05) is 25.1 Å². The third-order valence-corrected chi connectivity index (χ3v) is 10.8. The molecule has 0 radical (unpaired) electrons. The van der Waals surface area contributed by atoms with Gasteiger partial charge in [0.2, 0.25) is 0 Å². The summed E-state index contributed by atoms with van der Waals surface area (Å²) in [6, 6.07) is 12.8. The van der Waals surface area contributed by atoms with Crippen LogP contribution in [0.25, 0.3) is 11.1 Å². The fraction of sp³-hybridized carbons (Fsp3) is 0.488. The number of aliphatic imine (C=N–C) groups is 1. The molecule has 2 saturated heterocycles. The molecule has 8 rings (SSSR count). The lowest BCUT2D eigenvalue weighted by Crippen LogP contribution is -2.61. The van der Waals surface area contributed by atoms with Crippen molar-refractivity contribution in [3.05, 3.63) is 83.4 Å². The van der Waals surface area contributed by atoms with Gasteiger partial charge in [0, 0.05) is 62.9 Å². The number of β-amino-alcohol motifs (C(OH)–C–C–N with tert-alkyl or cyclic N) is 1. The lowest BCUT2D eigenvalue weighted by Gasteiger charge is -2.44. The van der Waals surface area contributed by atoms with E-state index in [1.807, 2.05) is 37.5 Å². The number of aliphatic hydroxyl groups excluding tert-OH is 1. The first-order valence-corrected chi connectivity index (χ1v) is 19.5. The fourth-order valence-corrected chi connectivity index (χ4v) is 7.30. The number of nitrogens with two attached hydrogens (primary N) is 2. The Labute approximate surface area is 329 Å². The predicted octanol–water partition coefficient (Wildman–Crippen LogP) is 3.71. The van der Waals surface area contributed by atoms with Crippen molar-refractivity contribution in [1.82, 2.24) is 29.9 Å². The van der Waals surface area contributed by atoms with Gasteiger partial charge >= 0.3 is 0 Å². The molecular formula is C41H57N11O4. The van der Waals surface area contributed by atoms with E-state index in [0.29, 0.717) is 36.9 Å². The number of aliphatic hydroxyl groups is 2. The molecule has 5 heterocycles. The maximum atomic E-state index is 12.8. The highest BCUT2D eigenvalue weighted by atomic mass is 16.3. The molecule has 2 aromatic heterocycles. The minimum absolute atomic E-state index is 0.0778. The molecule has 4 fully saturated rings. The number of carbonyl (C=O) groups is 2. The van der Waals surface area contributed by atoms with Gasteiger partial charge in [-0.3, -0.25) is 19.4 Å². The molecule has 3 aliphatic heterocycles. The van der Waals surface area contributed by atoms with Crippen LogP contribution >= 0.6 is 0 Å². The molecule has 15 heteroatoms. The summed E-state index contributed by atoms with van der Waals surface area (Å²) < 4.78 is 2.18. The Balaban J connectivity index is 0.000000462. The summed E-state index contributed by atoms with van der Waals surface area (Å²) in [5.74, 6) is 0.578. The number of nitrogens with zero attached hydrogens (tertiary/aromatic N) is 7. The number of hydrogen-bond acceptors (Lipinski definition) is 12. The van der Waals surface area contributed by atoms with Crippen molar-refractivity contribution in [3.63, 3.8) is 0 Å². The van der Waals surface area contributed by atoms with E-state index in [9.17, 15) is 19.8 Å². The summed E-state index contributed by atoms with van der Waals surface area (Å²) in [6.45, 7) is 6.84. The summed E-state index contributed by atoms with van der Waals surface area (Å²) in [6.07, 6.45) is 11.4.